The molecule has 2 amide bonds. The van der Waals surface area contributed by atoms with Crippen molar-refractivity contribution in [3.8, 4) is 0 Å². The molecule has 0 aromatic carbocycles. The van der Waals surface area contributed by atoms with Crippen molar-refractivity contribution in [3.63, 3.8) is 0 Å². The van der Waals surface area contributed by atoms with E-state index in [4.69, 9.17) is 5.11 Å². The summed E-state index contributed by atoms with van der Waals surface area (Å²) in [6.07, 6.45) is 4.77. The van der Waals surface area contributed by atoms with Gasteiger partial charge in [0.05, 0.1) is 0 Å². The van der Waals surface area contributed by atoms with Gasteiger partial charge < -0.3 is 14.9 Å². The van der Waals surface area contributed by atoms with E-state index < -0.39 is 12.0 Å². The van der Waals surface area contributed by atoms with Crippen molar-refractivity contribution < 1.29 is 19.5 Å². The van der Waals surface area contributed by atoms with E-state index in [1.165, 1.54) is 4.90 Å². The van der Waals surface area contributed by atoms with Crippen LogP contribution in [0.5, 0.6) is 0 Å². The van der Waals surface area contributed by atoms with Gasteiger partial charge in [0.2, 0.25) is 11.8 Å². The summed E-state index contributed by atoms with van der Waals surface area (Å²) in [7, 11) is 0. The minimum atomic E-state index is -1.02. The molecule has 2 saturated heterocycles. The molecule has 2 rings (SSSR count). The van der Waals surface area contributed by atoms with Crippen molar-refractivity contribution in [2.24, 2.45) is 0 Å². The molecule has 0 radical (unpaired) electrons. The van der Waals surface area contributed by atoms with Gasteiger partial charge in [-0.25, -0.2) is 4.79 Å². The maximum absolute atomic E-state index is 12.2. The second-order valence-corrected chi connectivity index (χ2v) is 5.21. The molecule has 1 unspecified atom stereocenters. The van der Waals surface area contributed by atoms with Gasteiger partial charge in [0.1, 0.15) is 12.6 Å². The molecule has 1 N–H and O–H groups in total. The molecule has 0 bridgehead atoms. The molecule has 0 aliphatic carbocycles. The monoisotopic (exact) mass is 268 g/mol. The lowest BCUT2D eigenvalue weighted by Crippen LogP contribution is -2.46. The third kappa shape index (κ3) is 3.24. The fraction of sp³-hybridized carbons (Fsp3) is 0.769. The topological polar surface area (TPSA) is 77.9 Å². The van der Waals surface area contributed by atoms with Crippen LogP contribution in [0.25, 0.3) is 0 Å². The highest BCUT2D eigenvalue weighted by atomic mass is 16.4. The number of aliphatic carboxylic acids is 1. The molecule has 2 heterocycles. The van der Waals surface area contributed by atoms with Gasteiger partial charge in [-0.15, -0.1) is 0 Å². The van der Waals surface area contributed by atoms with Crippen molar-refractivity contribution in [2.75, 3.05) is 19.6 Å². The maximum Gasteiger partial charge on any atom is 0.326 e. The smallest absolute Gasteiger partial charge is 0.326 e. The number of hydrogen-bond donors (Lipinski definition) is 1. The van der Waals surface area contributed by atoms with Crippen molar-refractivity contribution in [1.29, 1.82) is 0 Å². The van der Waals surface area contributed by atoms with Gasteiger partial charge in [0.25, 0.3) is 0 Å². The first-order chi connectivity index (χ1) is 9.09. The zero-order valence-corrected chi connectivity index (χ0v) is 11.0. The summed E-state index contributed by atoms with van der Waals surface area (Å²) < 4.78 is 0. The van der Waals surface area contributed by atoms with Crippen LogP contribution >= 0.6 is 0 Å². The Morgan fingerprint density at radius 2 is 1.79 bits per heavy atom. The average molecular weight is 268 g/mol. The molecule has 106 valence electrons. The fourth-order valence-corrected chi connectivity index (χ4v) is 2.75. The number of hydrogen-bond acceptors (Lipinski definition) is 3. The van der Waals surface area contributed by atoms with E-state index in [-0.39, 0.29) is 24.8 Å². The van der Waals surface area contributed by atoms with E-state index in [9.17, 15) is 14.4 Å². The third-order valence-corrected chi connectivity index (χ3v) is 3.88. The first-order valence-corrected chi connectivity index (χ1v) is 6.89. The minimum Gasteiger partial charge on any atom is -0.480 e. The van der Waals surface area contributed by atoms with Crippen molar-refractivity contribution in [1.82, 2.24) is 9.80 Å². The fourth-order valence-electron chi connectivity index (χ4n) is 2.75. The minimum absolute atomic E-state index is 0.0875. The number of carboxylic acids is 1. The standard InChI is InChI=1S/C13H20N2O4/c16-11-6-5-10(13(18)19)15(11)9-12(17)14-7-3-1-2-4-8-14/h10H,1-9H2,(H,18,19). The molecule has 0 aromatic heterocycles. The summed E-state index contributed by atoms with van der Waals surface area (Å²) in [6.45, 7) is 1.35. The van der Waals surface area contributed by atoms with Gasteiger partial charge in [-0.2, -0.15) is 0 Å². The van der Waals surface area contributed by atoms with Gasteiger partial charge in [0, 0.05) is 19.5 Å². The van der Waals surface area contributed by atoms with Crippen LogP contribution in [-0.4, -0.2) is 58.4 Å². The molecular formula is C13H20N2O4. The lowest BCUT2D eigenvalue weighted by molar-refractivity contribution is -0.148. The van der Waals surface area contributed by atoms with Crippen LogP contribution < -0.4 is 0 Å². The summed E-state index contributed by atoms with van der Waals surface area (Å²) in [4.78, 5) is 37.9. The summed E-state index contributed by atoms with van der Waals surface area (Å²) >= 11 is 0. The van der Waals surface area contributed by atoms with E-state index in [1.807, 2.05) is 0 Å². The lowest BCUT2D eigenvalue weighted by Gasteiger charge is -2.26. The maximum atomic E-state index is 12.2. The van der Waals surface area contributed by atoms with Gasteiger partial charge in [-0.3, -0.25) is 9.59 Å². The van der Waals surface area contributed by atoms with Crippen molar-refractivity contribution in [2.45, 2.75) is 44.6 Å². The number of nitrogens with zero attached hydrogens (tertiary/aromatic N) is 2. The van der Waals surface area contributed by atoms with Gasteiger partial charge >= 0.3 is 5.97 Å². The Balaban J connectivity index is 1.96. The predicted octanol–water partition coefficient (Wildman–Crippen LogP) is 0.465. The SMILES string of the molecule is O=C(O)C1CCC(=O)N1CC(=O)N1CCCCCC1. The van der Waals surface area contributed by atoms with Gasteiger partial charge in [-0.1, -0.05) is 12.8 Å². The zero-order valence-electron chi connectivity index (χ0n) is 11.0. The van der Waals surface area contributed by atoms with Crippen LogP contribution in [0.2, 0.25) is 0 Å². The second-order valence-electron chi connectivity index (χ2n) is 5.21. The number of carboxylic acid groups (broad SMARTS) is 1. The van der Waals surface area contributed by atoms with Crippen LogP contribution in [0.3, 0.4) is 0 Å². The molecule has 2 aliphatic rings. The van der Waals surface area contributed by atoms with E-state index >= 15 is 0 Å². The number of carbonyl (C=O) groups is 3. The van der Waals surface area contributed by atoms with Crippen LogP contribution in [0.4, 0.5) is 0 Å². The summed E-state index contributed by atoms with van der Waals surface area (Å²) in [5, 5.41) is 9.05. The largest absolute Gasteiger partial charge is 0.480 e. The second kappa shape index (κ2) is 6.04. The molecule has 0 spiro atoms. The molecule has 0 aromatic rings. The highest BCUT2D eigenvalue weighted by molar-refractivity contribution is 5.91. The Morgan fingerprint density at radius 1 is 1.16 bits per heavy atom. The number of likely N-dealkylation sites (tertiary alicyclic amines) is 2. The Morgan fingerprint density at radius 3 is 2.37 bits per heavy atom. The third-order valence-electron chi connectivity index (χ3n) is 3.88. The zero-order chi connectivity index (χ0) is 13.8. The molecule has 19 heavy (non-hydrogen) atoms. The molecular weight excluding hydrogens is 248 g/mol. The summed E-state index contributed by atoms with van der Waals surface area (Å²) in [5.41, 5.74) is 0. The van der Waals surface area contributed by atoms with Crippen LogP contribution in [-0.2, 0) is 14.4 Å². The van der Waals surface area contributed by atoms with Crippen LogP contribution in [0, 0.1) is 0 Å². The number of carbonyl (C=O) groups excluding carboxylic acids is 2. The summed E-state index contributed by atoms with van der Waals surface area (Å²) in [6, 6.07) is -0.830. The van der Waals surface area contributed by atoms with Gasteiger partial charge in [0.15, 0.2) is 0 Å². The Bertz CT molecular complexity index is 375. The molecule has 6 heteroatoms. The number of amides is 2. The predicted molar refractivity (Wildman–Crippen MR) is 67.4 cm³/mol. The van der Waals surface area contributed by atoms with E-state index in [1.54, 1.807) is 4.90 Å². The highest BCUT2D eigenvalue weighted by Crippen LogP contribution is 2.19. The number of rotatable bonds is 3. The first-order valence-electron chi connectivity index (χ1n) is 6.89. The van der Waals surface area contributed by atoms with Crippen LogP contribution in [0.15, 0.2) is 0 Å². The average Bonchev–Trinajstić information content (AvgIpc) is 2.60. The van der Waals surface area contributed by atoms with Crippen molar-refractivity contribution in [3.05, 3.63) is 0 Å². The molecule has 2 aliphatic heterocycles. The molecule has 0 saturated carbocycles. The van der Waals surface area contributed by atoms with Crippen LogP contribution in [0.1, 0.15) is 38.5 Å². The normalized spacial score (nSPS) is 24.4. The van der Waals surface area contributed by atoms with Gasteiger partial charge in [-0.05, 0) is 19.3 Å². The summed E-state index contributed by atoms with van der Waals surface area (Å²) in [5.74, 6) is -1.37. The molecule has 2 fully saturated rings. The lowest BCUT2D eigenvalue weighted by atomic mass is 10.2. The Labute approximate surface area is 112 Å². The van der Waals surface area contributed by atoms with Crippen molar-refractivity contribution >= 4 is 17.8 Å². The van der Waals surface area contributed by atoms with E-state index in [2.05, 4.69) is 0 Å². The van der Waals surface area contributed by atoms with E-state index in [0.29, 0.717) is 6.42 Å². The molecule has 1 atom stereocenters. The van der Waals surface area contributed by atoms with E-state index in [0.717, 1.165) is 38.8 Å². The first kappa shape index (κ1) is 13.8. The Kier molecular flexibility index (Phi) is 4.39. The molecule has 6 nitrogen and oxygen atoms in total. The Hall–Kier alpha value is -1.59. The highest BCUT2D eigenvalue weighted by Gasteiger charge is 2.37. The quantitative estimate of drug-likeness (QED) is 0.807.